The Balaban J connectivity index is 1.26. The summed E-state index contributed by atoms with van der Waals surface area (Å²) in [5, 5.41) is 7.18. The minimum Gasteiger partial charge on any atom is -0.493 e. The van der Waals surface area contributed by atoms with Crippen LogP contribution in [-0.4, -0.2) is 64.5 Å². The SMILES string of the molecule is COc1ccc(CCNC(=O)C2CCN(c3cc(-n4cncn4)ncn3)CC2)cc1OC. The summed E-state index contributed by atoms with van der Waals surface area (Å²) >= 11 is 0. The molecule has 32 heavy (non-hydrogen) atoms. The van der Waals surface area contributed by atoms with Crippen molar-refractivity contribution < 1.29 is 14.3 Å². The number of carbonyl (C=O) groups excluding carboxylic acids is 1. The third-order valence-corrected chi connectivity index (χ3v) is 5.64. The highest BCUT2D eigenvalue weighted by atomic mass is 16.5. The minimum absolute atomic E-state index is 0.00766. The lowest BCUT2D eigenvalue weighted by Crippen LogP contribution is -2.41. The van der Waals surface area contributed by atoms with Crippen molar-refractivity contribution in [3.05, 3.63) is 48.8 Å². The summed E-state index contributed by atoms with van der Waals surface area (Å²) in [6.45, 7) is 2.12. The normalized spacial score (nSPS) is 14.2. The zero-order chi connectivity index (χ0) is 22.3. The molecule has 0 atom stereocenters. The lowest BCUT2D eigenvalue weighted by molar-refractivity contribution is -0.125. The molecule has 1 aromatic carbocycles. The van der Waals surface area contributed by atoms with Gasteiger partial charge in [-0.25, -0.2) is 19.6 Å². The third kappa shape index (κ3) is 4.96. The van der Waals surface area contributed by atoms with Crippen LogP contribution < -0.4 is 19.7 Å². The first-order chi connectivity index (χ1) is 15.7. The molecule has 168 valence electrons. The second-order valence-corrected chi connectivity index (χ2v) is 7.57. The fraction of sp³-hybridized carbons (Fsp3) is 0.409. The molecule has 1 aliphatic heterocycles. The maximum absolute atomic E-state index is 12.6. The van der Waals surface area contributed by atoms with Gasteiger partial charge in [0, 0.05) is 31.6 Å². The number of benzene rings is 1. The monoisotopic (exact) mass is 437 g/mol. The molecule has 0 radical (unpaired) electrons. The van der Waals surface area contributed by atoms with E-state index in [1.165, 1.54) is 12.7 Å². The van der Waals surface area contributed by atoms with Crippen molar-refractivity contribution in [3.8, 4) is 17.3 Å². The highest BCUT2D eigenvalue weighted by molar-refractivity contribution is 5.79. The lowest BCUT2D eigenvalue weighted by atomic mass is 9.96. The molecule has 10 nitrogen and oxygen atoms in total. The average Bonchev–Trinajstić information content (AvgIpc) is 3.39. The number of hydrogen-bond donors (Lipinski definition) is 1. The van der Waals surface area contributed by atoms with Gasteiger partial charge in [-0.1, -0.05) is 6.07 Å². The number of aromatic nitrogens is 5. The van der Waals surface area contributed by atoms with E-state index < -0.39 is 0 Å². The summed E-state index contributed by atoms with van der Waals surface area (Å²) in [6.07, 6.45) is 6.90. The van der Waals surface area contributed by atoms with Crippen LogP contribution in [0.15, 0.2) is 43.2 Å². The lowest BCUT2D eigenvalue weighted by Gasteiger charge is -2.32. The first-order valence-corrected chi connectivity index (χ1v) is 10.6. The number of carbonyl (C=O) groups is 1. The Kier molecular flexibility index (Phi) is 6.78. The van der Waals surface area contributed by atoms with Crippen LogP contribution in [0, 0.1) is 5.92 Å². The standard InChI is InChI=1S/C22H27N7O3/c1-31-18-4-3-16(11-19(18)32-2)5-8-24-22(30)17-6-9-28(10-7-17)20-12-21(26-14-25-20)29-15-23-13-27-29/h3-4,11-15,17H,5-10H2,1-2H3,(H,24,30). The predicted molar refractivity (Wildman–Crippen MR) is 118 cm³/mol. The number of anilines is 1. The molecule has 3 aromatic rings. The van der Waals surface area contributed by atoms with Gasteiger partial charge in [-0.15, -0.1) is 0 Å². The van der Waals surface area contributed by atoms with Gasteiger partial charge in [-0.05, 0) is 37.0 Å². The molecule has 1 aliphatic rings. The topological polar surface area (TPSA) is 107 Å². The van der Waals surface area contributed by atoms with Gasteiger partial charge in [-0.2, -0.15) is 5.10 Å². The fourth-order valence-electron chi connectivity index (χ4n) is 3.84. The van der Waals surface area contributed by atoms with E-state index in [2.05, 4.69) is 30.3 Å². The molecule has 0 spiro atoms. The van der Waals surface area contributed by atoms with E-state index in [-0.39, 0.29) is 11.8 Å². The largest absolute Gasteiger partial charge is 0.493 e. The van der Waals surface area contributed by atoms with Crippen LogP contribution in [0.25, 0.3) is 5.82 Å². The van der Waals surface area contributed by atoms with Crippen molar-refractivity contribution in [1.82, 2.24) is 30.0 Å². The maximum atomic E-state index is 12.6. The predicted octanol–water partition coefficient (Wildman–Crippen LogP) is 1.65. The molecule has 1 N–H and O–H groups in total. The summed E-state index contributed by atoms with van der Waals surface area (Å²) in [7, 11) is 3.23. The quantitative estimate of drug-likeness (QED) is 0.567. The molecule has 0 bridgehead atoms. The van der Waals surface area contributed by atoms with Crippen molar-refractivity contribution in [2.75, 3.05) is 38.8 Å². The number of methoxy groups -OCH3 is 2. The van der Waals surface area contributed by atoms with E-state index in [0.29, 0.717) is 23.9 Å². The molecule has 0 aliphatic carbocycles. The second-order valence-electron chi connectivity index (χ2n) is 7.57. The van der Waals surface area contributed by atoms with Crippen molar-refractivity contribution in [2.24, 2.45) is 5.92 Å². The summed E-state index contributed by atoms with van der Waals surface area (Å²) in [6, 6.07) is 7.70. The van der Waals surface area contributed by atoms with Crippen molar-refractivity contribution in [2.45, 2.75) is 19.3 Å². The second kappa shape index (κ2) is 10.1. The van der Waals surface area contributed by atoms with Gasteiger partial charge >= 0.3 is 0 Å². The van der Waals surface area contributed by atoms with Crippen molar-refractivity contribution in [1.29, 1.82) is 0 Å². The highest BCUT2D eigenvalue weighted by Crippen LogP contribution is 2.27. The number of ether oxygens (including phenoxy) is 2. The number of nitrogens with zero attached hydrogens (tertiary/aromatic N) is 6. The molecule has 2 aromatic heterocycles. The smallest absolute Gasteiger partial charge is 0.223 e. The summed E-state index contributed by atoms with van der Waals surface area (Å²) in [5.41, 5.74) is 1.09. The van der Waals surface area contributed by atoms with E-state index in [4.69, 9.17) is 9.47 Å². The zero-order valence-electron chi connectivity index (χ0n) is 18.3. The van der Waals surface area contributed by atoms with Gasteiger partial charge in [0.15, 0.2) is 17.3 Å². The van der Waals surface area contributed by atoms with Crippen LogP contribution in [0.2, 0.25) is 0 Å². The Morgan fingerprint density at radius 3 is 2.56 bits per heavy atom. The molecule has 0 unspecified atom stereocenters. The first kappa shape index (κ1) is 21.5. The van der Waals surface area contributed by atoms with Gasteiger partial charge in [0.05, 0.1) is 14.2 Å². The Labute approximate surface area is 186 Å². The van der Waals surface area contributed by atoms with Crippen LogP contribution in [0.4, 0.5) is 5.82 Å². The molecule has 1 fully saturated rings. The molecule has 1 saturated heterocycles. The molecule has 0 saturated carbocycles. The number of rotatable bonds is 8. The number of piperidine rings is 1. The van der Waals surface area contributed by atoms with Gasteiger partial charge in [-0.3, -0.25) is 4.79 Å². The minimum atomic E-state index is 0.00766. The first-order valence-electron chi connectivity index (χ1n) is 10.6. The Hall–Kier alpha value is -3.69. The zero-order valence-corrected chi connectivity index (χ0v) is 18.3. The Bertz CT molecular complexity index is 1030. The Morgan fingerprint density at radius 1 is 1.06 bits per heavy atom. The fourth-order valence-corrected chi connectivity index (χ4v) is 3.84. The van der Waals surface area contributed by atoms with E-state index in [9.17, 15) is 4.79 Å². The number of nitrogens with one attached hydrogen (secondary N) is 1. The van der Waals surface area contributed by atoms with E-state index in [0.717, 1.165) is 43.7 Å². The van der Waals surface area contributed by atoms with Gasteiger partial charge in [0.2, 0.25) is 5.91 Å². The third-order valence-electron chi connectivity index (χ3n) is 5.64. The number of hydrogen-bond acceptors (Lipinski definition) is 8. The van der Waals surface area contributed by atoms with Gasteiger partial charge < -0.3 is 19.7 Å². The highest BCUT2D eigenvalue weighted by Gasteiger charge is 2.25. The average molecular weight is 438 g/mol. The van der Waals surface area contributed by atoms with Crippen LogP contribution in [0.5, 0.6) is 11.5 Å². The molecular weight excluding hydrogens is 410 g/mol. The van der Waals surface area contributed by atoms with Crippen LogP contribution >= 0.6 is 0 Å². The van der Waals surface area contributed by atoms with Crippen molar-refractivity contribution in [3.63, 3.8) is 0 Å². The number of amides is 1. The molecule has 10 heteroatoms. The summed E-state index contributed by atoms with van der Waals surface area (Å²) < 4.78 is 12.2. The molecule has 3 heterocycles. The van der Waals surface area contributed by atoms with Crippen molar-refractivity contribution >= 4 is 11.7 Å². The van der Waals surface area contributed by atoms with Crippen LogP contribution in [0.3, 0.4) is 0 Å². The van der Waals surface area contributed by atoms with E-state index in [1.54, 1.807) is 25.2 Å². The summed E-state index contributed by atoms with van der Waals surface area (Å²) in [5.74, 6) is 3.01. The van der Waals surface area contributed by atoms with E-state index >= 15 is 0 Å². The van der Waals surface area contributed by atoms with Gasteiger partial charge in [0.1, 0.15) is 24.8 Å². The van der Waals surface area contributed by atoms with E-state index in [1.807, 2.05) is 24.3 Å². The van der Waals surface area contributed by atoms with Gasteiger partial charge in [0.25, 0.3) is 0 Å². The summed E-state index contributed by atoms with van der Waals surface area (Å²) in [4.78, 5) is 27.4. The molecule has 1 amide bonds. The molecular formula is C22H27N7O3. The Morgan fingerprint density at radius 2 is 1.84 bits per heavy atom. The maximum Gasteiger partial charge on any atom is 0.223 e. The molecule has 4 rings (SSSR count). The van der Waals surface area contributed by atoms with Crippen LogP contribution in [0.1, 0.15) is 18.4 Å². The van der Waals surface area contributed by atoms with Crippen LogP contribution in [-0.2, 0) is 11.2 Å².